The van der Waals surface area contributed by atoms with Gasteiger partial charge in [0.2, 0.25) is 12.7 Å². The normalized spacial score (nSPS) is 11.8. The fourth-order valence-electron chi connectivity index (χ4n) is 2.34. The van der Waals surface area contributed by atoms with Gasteiger partial charge in [-0.25, -0.2) is 4.98 Å². The molecule has 0 radical (unpaired) electrons. The molecule has 9 nitrogen and oxygen atoms in total. The molecular weight excluding hydrogens is 480 g/mol. The predicted molar refractivity (Wildman–Crippen MR) is 106 cm³/mol. The van der Waals surface area contributed by atoms with E-state index in [1.54, 1.807) is 6.92 Å². The average molecular weight is 496 g/mol. The molecule has 0 N–H and O–H groups in total. The highest BCUT2D eigenvalue weighted by atomic mass is 35.5. The van der Waals surface area contributed by atoms with E-state index in [1.807, 2.05) is 0 Å². The topological polar surface area (TPSA) is 118 Å². The molecule has 1 atom stereocenters. The molecule has 0 bridgehead atoms. The van der Waals surface area contributed by atoms with Crippen LogP contribution in [0.1, 0.15) is 31.4 Å². The summed E-state index contributed by atoms with van der Waals surface area (Å²) in [4.78, 5) is 25.4. The number of halogens is 4. The number of aryl methyl sites for hydroxylation is 1. The highest BCUT2D eigenvalue weighted by Crippen LogP contribution is 2.38. The average Bonchev–Trinajstić information content (AvgIpc) is 2.73. The molecule has 0 saturated heterocycles. The summed E-state index contributed by atoms with van der Waals surface area (Å²) in [6.45, 7) is 2.48. The van der Waals surface area contributed by atoms with Gasteiger partial charge in [0.1, 0.15) is 10.8 Å². The summed E-state index contributed by atoms with van der Waals surface area (Å²) in [6, 6.07) is 2.76. The number of nitrogens with zero attached hydrogens (tertiary/aromatic N) is 2. The Morgan fingerprint density at radius 1 is 1.28 bits per heavy atom. The zero-order valence-corrected chi connectivity index (χ0v) is 18.3. The summed E-state index contributed by atoms with van der Waals surface area (Å²) in [5.74, 6) is -1.08. The van der Waals surface area contributed by atoms with Crippen LogP contribution in [0.3, 0.4) is 0 Å². The highest BCUT2D eigenvalue weighted by molar-refractivity contribution is 7.48. The molecule has 14 heteroatoms. The van der Waals surface area contributed by atoms with Crippen LogP contribution in [-0.2, 0) is 31.2 Å². The lowest BCUT2D eigenvalue weighted by molar-refractivity contribution is -0.383. The van der Waals surface area contributed by atoms with Crippen LogP contribution in [0.15, 0.2) is 24.4 Å². The first-order valence-electron chi connectivity index (χ1n) is 8.95. The van der Waals surface area contributed by atoms with Crippen LogP contribution in [0.5, 0.6) is 11.6 Å². The molecule has 0 fully saturated rings. The Kier molecular flexibility index (Phi) is 8.48. The number of esters is 1. The molecule has 2 rings (SSSR count). The lowest BCUT2D eigenvalue weighted by Gasteiger charge is -2.12. The molecule has 0 saturated carbocycles. The minimum absolute atomic E-state index is 0.0460. The Balaban J connectivity index is 2.40. The standard InChI is InChI=1S/C18H16ClF3N2O7P/c1-3-10-5-13(24(26)27)15(32(28)30-9-29-16(25)4-2)7-14(10)31-17-12(19)6-11(8-23-17)18(20,21)22/h5-8H,3-4,9H2,1-2H3/q+1. The van der Waals surface area contributed by atoms with Gasteiger partial charge in [-0.15, -0.1) is 0 Å². The number of benzene rings is 1. The lowest BCUT2D eigenvalue weighted by Crippen LogP contribution is -2.11. The molecule has 1 aromatic carbocycles. The van der Waals surface area contributed by atoms with E-state index in [4.69, 9.17) is 20.9 Å². The number of aromatic nitrogens is 1. The van der Waals surface area contributed by atoms with Gasteiger partial charge in [0.15, 0.2) is 0 Å². The second-order valence-electron chi connectivity index (χ2n) is 6.04. The number of hydrogen-bond acceptors (Lipinski definition) is 8. The summed E-state index contributed by atoms with van der Waals surface area (Å²) in [6.07, 6.45) is -3.88. The number of carbonyl (C=O) groups excluding carboxylic acids is 1. The van der Waals surface area contributed by atoms with Crippen molar-refractivity contribution in [1.29, 1.82) is 0 Å². The molecule has 0 aliphatic carbocycles. The van der Waals surface area contributed by atoms with Gasteiger partial charge in [0.05, 0.1) is 10.5 Å². The number of rotatable bonds is 9. The van der Waals surface area contributed by atoms with Gasteiger partial charge in [0, 0.05) is 30.3 Å². The van der Waals surface area contributed by atoms with E-state index in [0.717, 1.165) is 12.1 Å². The Morgan fingerprint density at radius 2 is 1.97 bits per heavy atom. The largest absolute Gasteiger partial charge is 0.559 e. The van der Waals surface area contributed by atoms with Gasteiger partial charge in [-0.1, -0.05) is 30.0 Å². The summed E-state index contributed by atoms with van der Waals surface area (Å²) in [7, 11) is -2.85. The number of nitro benzene ring substituents is 1. The molecule has 0 spiro atoms. The zero-order chi connectivity index (χ0) is 24.1. The van der Waals surface area contributed by atoms with E-state index in [2.05, 4.69) is 9.72 Å². The maximum absolute atomic E-state index is 12.8. The van der Waals surface area contributed by atoms with Crippen molar-refractivity contribution in [3.05, 3.63) is 50.7 Å². The summed E-state index contributed by atoms with van der Waals surface area (Å²) in [5.41, 5.74) is -1.35. The van der Waals surface area contributed by atoms with Crippen molar-refractivity contribution in [1.82, 2.24) is 4.98 Å². The Morgan fingerprint density at radius 3 is 2.50 bits per heavy atom. The number of carbonyl (C=O) groups is 1. The van der Waals surface area contributed by atoms with E-state index in [1.165, 1.54) is 6.92 Å². The second kappa shape index (κ2) is 10.7. The van der Waals surface area contributed by atoms with E-state index < -0.39 is 48.2 Å². The smallest absolute Gasteiger partial charge is 0.437 e. The lowest BCUT2D eigenvalue weighted by atomic mass is 10.1. The van der Waals surface area contributed by atoms with E-state index in [9.17, 15) is 32.6 Å². The van der Waals surface area contributed by atoms with Crippen molar-refractivity contribution in [2.24, 2.45) is 0 Å². The minimum atomic E-state index is -4.67. The SMILES string of the molecule is CCC(=O)OCO[P+](=O)c1cc(Oc2ncc(C(F)(F)F)cc2Cl)c(CC)cc1[N+](=O)[O-]. The first kappa shape index (κ1) is 25.4. The van der Waals surface area contributed by atoms with Crippen LogP contribution < -0.4 is 10.0 Å². The van der Waals surface area contributed by atoms with E-state index in [0.29, 0.717) is 12.3 Å². The third-order valence-electron chi connectivity index (χ3n) is 3.95. The molecule has 172 valence electrons. The number of alkyl halides is 3. The van der Waals surface area contributed by atoms with Crippen molar-refractivity contribution in [2.45, 2.75) is 32.9 Å². The van der Waals surface area contributed by atoms with Crippen LogP contribution in [-0.4, -0.2) is 22.7 Å². The Hall–Kier alpha value is -2.82. The summed E-state index contributed by atoms with van der Waals surface area (Å²) >= 11 is 5.85. The Labute approximate surface area is 185 Å². The fourth-order valence-corrected chi connectivity index (χ4v) is 3.38. The van der Waals surface area contributed by atoms with Crippen molar-refractivity contribution in [3.8, 4) is 11.6 Å². The van der Waals surface area contributed by atoms with Crippen LogP contribution in [0.4, 0.5) is 18.9 Å². The van der Waals surface area contributed by atoms with Crippen LogP contribution in [0.2, 0.25) is 5.02 Å². The van der Waals surface area contributed by atoms with Crippen molar-refractivity contribution >= 4 is 36.6 Å². The maximum Gasteiger partial charge on any atom is 0.559 e. The van der Waals surface area contributed by atoms with Gasteiger partial charge < -0.3 is 9.47 Å². The summed E-state index contributed by atoms with van der Waals surface area (Å²) in [5, 5.41) is 10.6. The maximum atomic E-state index is 12.8. The first-order valence-corrected chi connectivity index (χ1v) is 10.5. The predicted octanol–water partition coefficient (Wildman–Crippen LogP) is 5.31. The van der Waals surface area contributed by atoms with Gasteiger partial charge in [-0.3, -0.25) is 14.9 Å². The third kappa shape index (κ3) is 6.35. The zero-order valence-electron chi connectivity index (χ0n) is 16.6. The van der Waals surface area contributed by atoms with Crippen LogP contribution in [0.25, 0.3) is 0 Å². The molecule has 2 aromatic rings. The van der Waals surface area contributed by atoms with Crippen LogP contribution in [0, 0.1) is 10.1 Å². The van der Waals surface area contributed by atoms with Gasteiger partial charge >= 0.3 is 31.2 Å². The fraction of sp³-hybridized carbons (Fsp3) is 0.333. The second-order valence-corrected chi connectivity index (χ2v) is 7.71. The molecule has 0 aliphatic rings. The highest BCUT2D eigenvalue weighted by Gasteiger charge is 2.36. The van der Waals surface area contributed by atoms with Crippen LogP contribution >= 0.6 is 19.6 Å². The monoisotopic (exact) mass is 495 g/mol. The number of hydrogen-bond donors (Lipinski definition) is 0. The van der Waals surface area contributed by atoms with Crippen molar-refractivity contribution in [2.75, 3.05) is 6.79 Å². The molecule has 0 aliphatic heterocycles. The van der Waals surface area contributed by atoms with Gasteiger partial charge in [-0.2, -0.15) is 13.2 Å². The third-order valence-corrected chi connectivity index (χ3v) is 5.31. The molecule has 1 unspecified atom stereocenters. The minimum Gasteiger partial charge on any atom is -0.437 e. The van der Waals surface area contributed by atoms with E-state index in [-0.39, 0.29) is 35.3 Å². The molecule has 32 heavy (non-hydrogen) atoms. The number of nitro groups is 1. The quantitative estimate of drug-likeness (QED) is 0.151. The molecule has 1 aromatic heterocycles. The first-order chi connectivity index (χ1) is 15.0. The molecule has 1 heterocycles. The summed E-state index contributed by atoms with van der Waals surface area (Å²) < 4.78 is 65.9. The number of ether oxygens (including phenoxy) is 2. The van der Waals surface area contributed by atoms with Gasteiger partial charge in [0.25, 0.3) is 0 Å². The number of pyridine rings is 1. The van der Waals surface area contributed by atoms with Crippen molar-refractivity contribution < 1.29 is 41.5 Å². The Bertz CT molecular complexity index is 1050. The van der Waals surface area contributed by atoms with Gasteiger partial charge in [-0.05, 0) is 17.1 Å². The molecular formula is C18H16ClF3N2O7P+. The molecule has 0 amide bonds. The van der Waals surface area contributed by atoms with Crippen molar-refractivity contribution in [3.63, 3.8) is 0 Å². The van der Waals surface area contributed by atoms with E-state index >= 15 is 0 Å².